The molecule has 1 aromatic rings. The van der Waals surface area contributed by atoms with Gasteiger partial charge in [0.25, 0.3) is 0 Å². The summed E-state index contributed by atoms with van der Waals surface area (Å²) in [6, 6.07) is 6.22. The highest BCUT2D eigenvalue weighted by atomic mass is 32.2. The molecule has 3 nitrogen and oxygen atoms in total. The number of amidine groups is 1. The van der Waals surface area contributed by atoms with Crippen LogP contribution >= 0.6 is 11.8 Å². The summed E-state index contributed by atoms with van der Waals surface area (Å²) < 4.78 is 0. The summed E-state index contributed by atoms with van der Waals surface area (Å²) in [4.78, 5) is 3.50. The maximum atomic E-state index is 7.88. The van der Waals surface area contributed by atoms with Crippen LogP contribution in [0.4, 0.5) is 5.69 Å². The molecule has 0 saturated carbocycles. The number of piperidine rings is 1. The van der Waals surface area contributed by atoms with E-state index in [-0.39, 0.29) is 5.84 Å². The first-order chi connectivity index (χ1) is 9.54. The lowest BCUT2D eigenvalue weighted by molar-refractivity contribution is 0.311. The van der Waals surface area contributed by atoms with Gasteiger partial charge in [-0.1, -0.05) is 19.9 Å². The lowest BCUT2D eigenvalue weighted by Crippen LogP contribution is -2.36. The summed E-state index contributed by atoms with van der Waals surface area (Å²) in [6.45, 7) is 6.77. The minimum absolute atomic E-state index is 0.177. The Hall–Kier alpha value is -1.16. The molecule has 3 N–H and O–H groups in total. The van der Waals surface area contributed by atoms with E-state index in [0.29, 0.717) is 0 Å². The second-order valence-corrected chi connectivity index (χ2v) is 6.68. The van der Waals surface area contributed by atoms with E-state index in [1.54, 1.807) is 11.8 Å². The normalized spacial score (nSPS) is 16.7. The number of nitrogens with two attached hydrogens (primary N) is 1. The molecule has 1 aromatic carbocycles. The zero-order valence-corrected chi connectivity index (χ0v) is 13.5. The molecule has 0 atom stereocenters. The highest BCUT2D eigenvalue weighted by molar-refractivity contribution is 7.98. The van der Waals surface area contributed by atoms with Crippen molar-refractivity contribution in [1.82, 2.24) is 0 Å². The summed E-state index contributed by atoms with van der Waals surface area (Å²) >= 11 is 1.66. The molecule has 2 rings (SSSR count). The lowest BCUT2D eigenvalue weighted by Gasteiger charge is -2.36. The third-order valence-corrected chi connectivity index (χ3v) is 5.10. The van der Waals surface area contributed by atoms with Gasteiger partial charge in [0.2, 0.25) is 0 Å². The molecule has 1 aliphatic rings. The zero-order valence-electron chi connectivity index (χ0n) is 12.6. The van der Waals surface area contributed by atoms with Gasteiger partial charge in [-0.05, 0) is 43.1 Å². The average molecular weight is 291 g/mol. The van der Waals surface area contributed by atoms with Gasteiger partial charge in [0.05, 0.1) is 5.56 Å². The van der Waals surface area contributed by atoms with Crippen LogP contribution in [0.2, 0.25) is 0 Å². The SMILES string of the molecule is CSc1cccc(N2CCC(C(C)C)CC2)c1C(=N)N. The van der Waals surface area contributed by atoms with Crippen LogP contribution in [-0.2, 0) is 0 Å². The maximum absolute atomic E-state index is 7.88. The van der Waals surface area contributed by atoms with Gasteiger partial charge in [-0.2, -0.15) is 0 Å². The van der Waals surface area contributed by atoms with E-state index in [1.807, 2.05) is 12.3 Å². The average Bonchev–Trinajstić information content (AvgIpc) is 2.46. The number of anilines is 1. The quantitative estimate of drug-likeness (QED) is 0.506. The second kappa shape index (κ2) is 6.53. The van der Waals surface area contributed by atoms with Gasteiger partial charge < -0.3 is 10.6 Å². The topological polar surface area (TPSA) is 53.1 Å². The van der Waals surface area contributed by atoms with Crippen molar-refractivity contribution in [2.24, 2.45) is 17.6 Å². The fourth-order valence-corrected chi connectivity index (χ4v) is 3.66. The molecule has 0 radical (unpaired) electrons. The Bertz CT molecular complexity index is 477. The van der Waals surface area contributed by atoms with Crippen molar-refractivity contribution in [2.45, 2.75) is 31.6 Å². The van der Waals surface area contributed by atoms with E-state index in [1.165, 1.54) is 12.8 Å². The molecule has 1 saturated heterocycles. The third-order valence-electron chi connectivity index (χ3n) is 4.32. The Morgan fingerprint density at radius 3 is 2.50 bits per heavy atom. The molecule has 0 amide bonds. The molecule has 1 heterocycles. The Balaban J connectivity index is 2.24. The molecule has 0 spiro atoms. The molecule has 0 unspecified atom stereocenters. The van der Waals surface area contributed by atoms with Crippen LogP contribution in [0.5, 0.6) is 0 Å². The van der Waals surface area contributed by atoms with Gasteiger partial charge in [-0.15, -0.1) is 11.8 Å². The van der Waals surface area contributed by atoms with Crippen molar-refractivity contribution in [3.05, 3.63) is 23.8 Å². The predicted molar refractivity (Wildman–Crippen MR) is 89.0 cm³/mol. The zero-order chi connectivity index (χ0) is 14.7. The van der Waals surface area contributed by atoms with E-state index in [9.17, 15) is 0 Å². The number of hydrogen-bond acceptors (Lipinski definition) is 3. The van der Waals surface area contributed by atoms with E-state index >= 15 is 0 Å². The van der Waals surface area contributed by atoms with Gasteiger partial charge in [-0.25, -0.2) is 0 Å². The van der Waals surface area contributed by atoms with Crippen molar-refractivity contribution < 1.29 is 0 Å². The Labute approximate surface area is 126 Å². The van der Waals surface area contributed by atoms with Crippen LogP contribution in [0.25, 0.3) is 0 Å². The molecule has 1 aliphatic heterocycles. The van der Waals surface area contributed by atoms with Gasteiger partial charge in [0.1, 0.15) is 5.84 Å². The van der Waals surface area contributed by atoms with Crippen LogP contribution in [0.1, 0.15) is 32.3 Å². The minimum atomic E-state index is 0.177. The highest BCUT2D eigenvalue weighted by Crippen LogP contribution is 2.33. The van der Waals surface area contributed by atoms with Crippen LogP contribution < -0.4 is 10.6 Å². The van der Waals surface area contributed by atoms with E-state index in [0.717, 1.165) is 41.1 Å². The minimum Gasteiger partial charge on any atom is -0.384 e. The molecule has 110 valence electrons. The molecule has 4 heteroatoms. The standard InChI is InChI=1S/C16H25N3S/c1-11(2)12-7-9-19(10-8-12)13-5-4-6-14(20-3)15(13)16(17)18/h4-6,11-12H,7-10H2,1-3H3,(H3,17,18). The van der Waals surface area contributed by atoms with E-state index < -0.39 is 0 Å². The molecule has 20 heavy (non-hydrogen) atoms. The number of thioether (sulfide) groups is 1. The number of rotatable bonds is 4. The number of nitrogens with one attached hydrogen (secondary N) is 1. The van der Waals surface area contributed by atoms with Crippen LogP contribution in [0.15, 0.2) is 23.1 Å². The fourth-order valence-electron chi connectivity index (χ4n) is 3.03. The summed E-state index contributed by atoms with van der Waals surface area (Å²) in [5.41, 5.74) is 7.85. The molecule has 0 aromatic heterocycles. The van der Waals surface area contributed by atoms with Crippen molar-refractivity contribution in [1.29, 1.82) is 5.41 Å². The van der Waals surface area contributed by atoms with Gasteiger partial charge in [0.15, 0.2) is 0 Å². The van der Waals surface area contributed by atoms with Gasteiger partial charge in [0, 0.05) is 23.7 Å². The highest BCUT2D eigenvalue weighted by Gasteiger charge is 2.24. The smallest absolute Gasteiger partial charge is 0.126 e. The van der Waals surface area contributed by atoms with E-state index in [2.05, 4.69) is 30.9 Å². The number of benzene rings is 1. The van der Waals surface area contributed by atoms with Crippen molar-refractivity contribution >= 4 is 23.3 Å². The largest absolute Gasteiger partial charge is 0.384 e. The monoisotopic (exact) mass is 291 g/mol. The lowest BCUT2D eigenvalue weighted by atomic mass is 9.86. The first-order valence-corrected chi connectivity index (χ1v) is 8.53. The summed E-state index contributed by atoms with van der Waals surface area (Å²) in [6.07, 6.45) is 4.51. The Kier molecular flexibility index (Phi) is 4.97. The Morgan fingerprint density at radius 2 is 2.00 bits per heavy atom. The second-order valence-electron chi connectivity index (χ2n) is 5.84. The first kappa shape index (κ1) is 15.2. The van der Waals surface area contributed by atoms with Crippen LogP contribution in [0.3, 0.4) is 0 Å². The summed E-state index contributed by atoms with van der Waals surface area (Å²) in [7, 11) is 0. The number of hydrogen-bond donors (Lipinski definition) is 2. The number of nitrogens with zero attached hydrogens (tertiary/aromatic N) is 1. The predicted octanol–water partition coefficient (Wildman–Crippen LogP) is 3.56. The molecular weight excluding hydrogens is 266 g/mol. The first-order valence-electron chi connectivity index (χ1n) is 7.31. The third kappa shape index (κ3) is 3.11. The van der Waals surface area contributed by atoms with Gasteiger partial charge in [-0.3, -0.25) is 5.41 Å². The van der Waals surface area contributed by atoms with Crippen LogP contribution in [-0.4, -0.2) is 25.2 Å². The molecule has 1 fully saturated rings. The summed E-state index contributed by atoms with van der Waals surface area (Å²) in [5.74, 6) is 1.77. The van der Waals surface area contributed by atoms with Gasteiger partial charge >= 0.3 is 0 Å². The van der Waals surface area contributed by atoms with Crippen molar-refractivity contribution in [2.75, 3.05) is 24.2 Å². The fraction of sp³-hybridized carbons (Fsp3) is 0.562. The molecular formula is C16H25N3S. The van der Waals surface area contributed by atoms with E-state index in [4.69, 9.17) is 11.1 Å². The summed E-state index contributed by atoms with van der Waals surface area (Å²) in [5, 5.41) is 7.88. The van der Waals surface area contributed by atoms with Crippen LogP contribution in [0, 0.1) is 17.2 Å². The maximum Gasteiger partial charge on any atom is 0.126 e. The molecule has 0 bridgehead atoms. The number of nitrogen functional groups attached to an aromatic ring is 1. The Morgan fingerprint density at radius 1 is 1.35 bits per heavy atom. The molecule has 0 aliphatic carbocycles. The van der Waals surface area contributed by atoms with Crippen molar-refractivity contribution in [3.63, 3.8) is 0 Å². The van der Waals surface area contributed by atoms with Crippen molar-refractivity contribution in [3.8, 4) is 0 Å².